The third-order valence-electron chi connectivity index (χ3n) is 5.09. The number of furan rings is 2. The van der Waals surface area contributed by atoms with E-state index in [2.05, 4.69) is 9.97 Å². The lowest BCUT2D eigenvalue weighted by molar-refractivity contribution is -0.175. The largest absolute Gasteiger partial charge is 0.463 e. The van der Waals surface area contributed by atoms with E-state index in [1.54, 1.807) is 39.0 Å². The van der Waals surface area contributed by atoms with Crippen molar-refractivity contribution in [3.05, 3.63) is 48.2 Å². The van der Waals surface area contributed by atoms with E-state index in [1.807, 2.05) is 6.92 Å². The van der Waals surface area contributed by atoms with Crippen molar-refractivity contribution in [1.29, 1.82) is 0 Å². The number of carbonyl (C=O) groups excluding carboxylic acids is 4. The molecule has 0 spiro atoms. The summed E-state index contributed by atoms with van der Waals surface area (Å²) in [5.74, 6) is -2.10. The van der Waals surface area contributed by atoms with Gasteiger partial charge in [0, 0.05) is 45.9 Å². The van der Waals surface area contributed by atoms with Gasteiger partial charge in [-0.05, 0) is 6.42 Å². The second kappa shape index (κ2) is 13.2. The van der Waals surface area contributed by atoms with E-state index in [4.69, 9.17) is 27.8 Å². The Morgan fingerprint density at radius 3 is 1.92 bits per heavy atom. The normalized spacial score (nSPS) is 11.6. The van der Waals surface area contributed by atoms with E-state index in [9.17, 15) is 19.2 Å². The number of carbonyl (C=O) groups is 4. The Morgan fingerprint density at radius 1 is 0.842 bits per heavy atom. The molecule has 0 fully saturated rings. The minimum atomic E-state index is -0.899. The van der Waals surface area contributed by atoms with E-state index in [1.165, 1.54) is 18.6 Å². The van der Waals surface area contributed by atoms with E-state index in [0.717, 1.165) is 0 Å². The summed E-state index contributed by atoms with van der Waals surface area (Å²) < 4.78 is 30.1. The highest BCUT2D eigenvalue weighted by atomic mass is 16.7. The zero-order chi connectivity index (χ0) is 27.7. The summed E-state index contributed by atoms with van der Waals surface area (Å²) in [4.78, 5) is 51.6. The molecular weight excluding hydrogens is 500 g/mol. The van der Waals surface area contributed by atoms with E-state index in [0.29, 0.717) is 35.0 Å². The number of aromatic nitrogens is 2. The van der Waals surface area contributed by atoms with Crippen LogP contribution in [-0.4, -0.2) is 46.9 Å². The zero-order valence-electron chi connectivity index (χ0n) is 21.5. The van der Waals surface area contributed by atoms with E-state index in [-0.39, 0.29) is 39.3 Å². The van der Waals surface area contributed by atoms with Gasteiger partial charge < -0.3 is 37.7 Å². The van der Waals surface area contributed by atoms with Gasteiger partial charge in [-0.2, -0.15) is 0 Å². The number of ether oxygens (including phenoxy) is 4. The van der Waals surface area contributed by atoms with Crippen LogP contribution in [0.15, 0.2) is 45.6 Å². The summed E-state index contributed by atoms with van der Waals surface area (Å²) in [5, 5.41) is 0. The third kappa shape index (κ3) is 7.51. The molecule has 0 aliphatic heterocycles. The van der Waals surface area contributed by atoms with Crippen molar-refractivity contribution in [1.82, 2.24) is 9.97 Å². The predicted octanol–water partition coefficient (Wildman–Crippen LogP) is 5.56. The molecule has 0 aliphatic carbocycles. The molecule has 12 nitrogen and oxygen atoms in total. The van der Waals surface area contributed by atoms with Crippen molar-refractivity contribution in [2.24, 2.45) is 5.92 Å². The quantitative estimate of drug-likeness (QED) is 0.194. The molecule has 1 atom stereocenters. The molecule has 0 bridgehead atoms. The number of hydrogen-bond donors (Lipinski definition) is 2. The van der Waals surface area contributed by atoms with Gasteiger partial charge >= 0.3 is 23.9 Å². The Hall–Kier alpha value is -4.48. The first-order valence-electron chi connectivity index (χ1n) is 12.1. The van der Waals surface area contributed by atoms with Crippen LogP contribution in [0, 0.1) is 5.92 Å². The maximum Gasteiger partial charge on any atom is 0.357 e. The van der Waals surface area contributed by atoms with Gasteiger partial charge in [0.05, 0.1) is 23.6 Å². The van der Waals surface area contributed by atoms with Crippen LogP contribution in [0.1, 0.15) is 70.8 Å². The fraction of sp³-hybridized carbons (Fsp3) is 0.385. The zero-order valence-corrected chi connectivity index (χ0v) is 21.5. The number of nitrogens with one attached hydrogen (secondary N) is 2. The molecule has 0 aromatic carbocycles. The van der Waals surface area contributed by atoms with Crippen molar-refractivity contribution in [2.75, 3.05) is 6.79 Å². The van der Waals surface area contributed by atoms with Gasteiger partial charge in [-0.15, -0.1) is 0 Å². The molecule has 0 saturated heterocycles. The second-order valence-corrected chi connectivity index (χ2v) is 8.44. The highest BCUT2D eigenvalue weighted by Crippen LogP contribution is 2.19. The molecule has 4 aromatic heterocycles. The Bertz CT molecular complexity index is 1330. The number of hydrogen-bond acceptors (Lipinski definition) is 10. The smallest absolute Gasteiger partial charge is 0.357 e. The Kier molecular flexibility index (Phi) is 9.74. The number of H-pyrrole nitrogens is 2. The molecule has 0 amide bonds. The molecule has 208 valence electrons. The summed E-state index contributed by atoms with van der Waals surface area (Å²) in [7, 11) is 0. The van der Waals surface area contributed by atoms with Crippen molar-refractivity contribution >= 4 is 46.1 Å². The van der Waals surface area contributed by atoms with Crippen molar-refractivity contribution < 1.29 is 49.8 Å². The van der Waals surface area contributed by atoms with Crippen LogP contribution < -0.4 is 0 Å². The summed E-state index contributed by atoms with van der Waals surface area (Å²) >= 11 is 0. The summed E-state index contributed by atoms with van der Waals surface area (Å²) in [6.07, 6.45) is 3.38. The lowest BCUT2D eigenvalue weighted by Gasteiger charge is -2.20. The van der Waals surface area contributed by atoms with Gasteiger partial charge in [0.1, 0.15) is 11.4 Å². The highest BCUT2D eigenvalue weighted by molar-refractivity contribution is 5.93. The molecule has 2 N–H and O–H groups in total. The fourth-order valence-corrected chi connectivity index (χ4v) is 3.10. The highest BCUT2D eigenvalue weighted by Gasteiger charge is 2.24. The number of rotatable bonds is 10. The molecule has 4 heterocycles. The fourth-order valence-electron chi connectivity index (χ4n) is 3.10. The van der Waals surface area contributed by atoms with Gasteiger partial charge in [0.25, 0.3) is 0 Å². The Morgan fingerprint density at radius 2 is 1.42 bits per heavy atom. The van der Waals surface area contributed by atoms with Gasteiger partial charge in [-0.3, -0.25) is 9.59 Å². The molecule has 0 radical (unpaired) electrons. The average molecular weight is 535 g/mol. The van der Waals surface area contributed by atoms with E-state index >= 15 is 0 Å². The maximum atomic E-state index is 12.0. The number of fused-ring (bicyclic) bond motifs is 2. The molecule has 4 aromatic rings. The van der Waals surface area contributed by atoms with Crippen molar-refractivity contribution in [3.63, 3.8) is 0 Å². The van der Waals surface area contributed by atoms with Gasteiger partial charge in [0.2, 0.25) is 13.1 Å². The minimum Gasteiger partial charge on any atom is -0.463 e. The second-order valence-electron chi connectivity index (χ2n) is 8.44. The monoisotopic (exact) mass is 534 g/mol. The SMILES string of the molecule is CCC(=O)OC(OC(=O)c1cc2occc2[nH]1)C(C)C.CCCC(=O)OCOC(=O)c1cc2occc2[nH]1.[HH].[HH]. The van der Waals surface area contributed by atoms with Gasteiger partial charge in [0.15, 0.2) is 11.2 Å². The first kappa shape index (κ1) is 28.1. The summed E-state index contributed by atoms with van der Waals surface area (Å²) in [6.45, 7) is 6.78. The first-order chi connectivity index (χ1) is 18.2. The third-order valence-corrected chi connectivity index (χ3v) is 5.09. The first-order valence-corrected chi connectivity index (χ1v) is 12.1. The van der Waals surface area contributed by atoms with Crippen LogP contribution in [-0.2, 0) is 28.5 Å². The minimum absolute atomic E-state index is 0. The van der Waals surface area contributed by atoms with Crippen molar-refractivity contribution in [3.8, 4) is 0 Å². The average Bonchev–Trinajstić information content (AvgIpc) is 3.64. The predicted molar refractivity (Wildman–Crippen MR) is 137 cm³/mol. The number of esters is 4. The standard InChI is InChI=1S/C14H17NO5.C12H13NO5.2H2/c1-4-12(16)19-14(8(2)3)20-13(17)10-7-11-9(15-10)5-6-18-11;1-2-3-11(14)17-7-18-12(15)9-6-10-8(13-9)4-5-16-10;;/h5-8,14-15H,4H2,1-3H3;4-6,13H,2-3,7H2,1H3;2*1H. The molecule has 12 heteroatoms. The molecule has 1 unspecified atom stereocenters. The van der Waals surface area contributed by atoms with Crippen LogP contribution in [0.4, 0.5) is 0 Å². The number of aromatic amines is 2. The summed E-state index contributed by atoms with van der Waals surface area (Å²) in [5.41, 5.74) is 3.09. The van der Waals surface area contributed by atoms with Crippen molar-refractivity contribution in [2.45, 2.75) is 53.2 Å². The van der Waals surface area contributed by atoms with Crippen LogP contribution in [0.5, 0.6) is 0 Å². The van der Waals surface area contributed by atoms with Crippen LogP contribution in [0.2, 0.25) is 0 Å². The molecule has 4 rings (SSSR count). The lowest BCUT2D eigenvalue weighted by atomic mass is 10.2. The van der Waals surface area contributed by atoms with Gasteiger partial charge in [-0.25, -0.2) is 9.59 Å². The van der Waals surface area contributed by atoms with Crippen LogP contribution >= 0.6 is 0 Å². The van der Waals surface area contributed by atoms with Crippen LogP contribution in [0.25, 0.3) is 22.2 Å². The molecular formula is C26H34N2O10. The Labute approximate surface area is 220 Å². The maximum absolute atomic E-state index is 12.0. The lowest BCUT2D eigenvalue weighted by Crippen LogP contribution is -2.29. The topological polar surface area (TPSA) is 163 Å². The molecule has 0 saturated carbocycles. The van der Waals surface area contributed by atoms with E-state index < -0.39 is 24.2 Å². The molecule has 0 aliphatic rings. The summed E-state index contributed by atoms with van der Waals surface area (Å²) in [6, 6.07) is 6.50. The molecule has 38 heavy (non-hydrogen) atoms. The van der Waals surface area contributed by atoms with Crippen LogP contribution in [0.3, 0.4) is 0 Å². The van der Waals surface area contributed by atoms with Gasteiger partial charge in [-0.1, -0.05) is 27.7 Å². The Balaban J connectivity index is 0.000000383.